The highest BCUT2D eigenvalue weighted by Crippen LogP contribution is 2.53. The van der Waals surface area contributed by atoms with Crippen LogP contribution in [0.4, 0.5) is 0 Å². The molecule has 1 aliphatic heterocycles. The van der Waals surface area contributed by atoms with Gasteiger partial charge in [0.2, 0.25) is 0 Å². The minimum absolute atomic E-state index is 0.00396. The van der Waals surface area contributed by atoms with Crippen LogP contribution in [-0.4, -0.2) is 16.8 Å². The summed E-state index contributed by atoms with van der Waals surface area (Å²) in [6.07, 6.45) is 0. The number of carbonyl (C=O) groups is 1. The molecule has 3 heteroatoms. The molecule has 1 heterocycles. The number of hydrogen-bond donors (Lipinski definition) is 0. The van der Waals surface area contributed by atoms with Gasteiger partial charge in [0.1, 0.15) is 0 Å². The Balaban J connectivity index is 1.91. The van der Waals surface area contributed by atoms with Crippen LogP contribution in [0.15, 0.2) is 60.7 Å². The smallest absolute Gasteiger partial charge is 0.255 e. The number of rotatable bonds is 2. The Morgan fingerprint density at radius 3 is 2.16 bits per heavy atom. The maximum Gasteiger partial charge on any atom is 0.255 e. The van der Waals surface area contributed by atoms with Crippen molar-refractivity contribution in [1.29, 1.82) is 0 Å². The molecule has 0 saturated carbocycles. The molecular formula is C16H14ClNO. The average Bonchev–Trinajstić information content (AvgIpc) is 3.03. The van der Waals surface area contributed by atoms with Gasteiger partial charge in [-0.2, -0.15) is 0 Å². The van der Waals surface area contributed by atoms with Gasteiger partial charge in [-0.15, -0.1) is 0 Å². The Morgan fingerprint density at radius 2 is 1.58 bits per heavy atom. The molecule has 0 radical (unpaired) electrons. The van der Waals surface area contributed by atoms with Gasteiger partial charge in [-0.3, -0.25) is 4.79 Å². The lowest BCUT2D eigenvalue weighted by atomic mass is 10.1. The van der Waals surface area contributed by atoms with Gasteiger partial charge in [0.05, 0.1) is 6.04 Å². The van der Waals surface area contributed by atoms with E-state index >= 15 is 0 Å². The van der Waals surface area contributed by atoms with Crippen LogP contribution in [-0.2, 0) is 5.00 Å². The molecule has 1 amide bonds. The Morgan fingerprint density at radius 1 is 1.05 bits per heavy atom. The van der Waals surface area contributed by atoms with Crippen LogP contribution in [0.1, 0.15) is 22.8 Å². The maximum absolute atomic E-state index is 12.4. The molecular weight excluding hydrogens is 258 g/mol. The van der Waals surface area contributed by atoms with E-state index in [1.54, 1.807) is 4.90 Å². The fourth-order valence-corrected chi connectivity index (χ4v) is 2.89. The number of carbonyl (C=O) groups excluding carboxylic acids is 1. The zero-order valence-corrected chi connectivity index (χ0v) is 11.3. The normalized spacial score (nSPS) is 25.2. The second-order valence-corrected chi connectivity index (χ2v) is 5.33. The lowest BCUT2D eigenvalue weighted by Crippen LogP contribution is -2.17. The van der Waals surface area contributed by atoms with Gasteiger partial charge in [0, 0.05) is 5.56 Å². The minimum atomic E-state index is -0.700. The molecule has 1 aliphatic rings. The van der Waals surface area contributed by atoms with Gasteiger partial charge in [-0.25, -0.2) is 0 Å². The van der Waals surface area contributed by atoms with Crippen molar-refractivity contribution in [3.63, 3.8) is 0 Å². The predicted molar refractivity (Wildman–Crippen MR) is 76.0 cm³/mol. The third-order valence-corrected chi connectivity index (χ3v) is 4.36. The molecule has 2 aromatic carbocycles. The molecule has 1 saturated heterocycles. The summed E-state index contributed by atoms with van der Waals surface area (Å²) in [4.78, 5) is 13.5. The number of benzene rings is 2. The molecule has 1 fully saturated rings. The molecule has 0 aliphatic carbocycles. The zero-order chi connectivity index (χ0) is 13.5. The first-order valence-corrected chi connectivity index (χ1v) is 6.66. The van der Waals surface area contributed by atoms with Crippen LogP contribution in [0.25, 0.3) is 0 Å². The molecule has 0 spiro atoms. The second kappa shape index (κ2) is 4.39. The zero-order valence-electron chi connectivity index (χ0n) is 10.6. The Kier molecular flexibility index (Phi) is 2.83. The SMILES string of the molecule is CC1N(C(=O)c2ccccc2)C1(Cl)c1ccccc1. The first-order chi connectivity index (χ1) is 9.15. The number of amides is 1. The summed E-state index contributed by atoms with van der Waals surface area (Å²) in [5.74, 6) is -0.0213. The van der Waals surface area contributed by atoms with Gasteiger partial charge in [0.25, 0.3) is 5.91 Å². The van der Waals surface area contributed by atoms with Gasteiger partial charge < -0.3 is 4.90 Å². The predicted octanol–water partition coefficient (Wildman–Crippen LogP) is 3.62. The van der Waals surface area contributed by atoms with Crippen molar-refractivity contribution in [3.05, 3.63) is 71.8 Å². The summed E-state index contributed by atoms with van der Waals surface area (Å²) in [5, 5.41) is 0. The number of hydrogen-bond acceptors (Lipinski definition) is 1. The average molecular weight is 272 g/mol. The van der Waals surface area contributed by atoms with Crippen molar-refractivity contribution in [2.45, 2.75) is 18.0 Å². The molecule has 2 aromatic rings. The summed E-state index contributed by atoms with van der Waals surface area (Å²) < 4.78 is 0. The van der Waals surface area contributed by atoms with Gasteiger partial charge >= 0.3 is 0 Å². The van der Waals surface area contributed by atoms with Crippen LogP contribution in [0, 0.1) is 0 Å². The Hall–Kier alpha value is -1.80. The third kappa shape index (κ3) is 1.83. The minimum Gasteiger partial charge on any atom is -0.307 e. The van der Waals surface area contributed by atoms with E-state index in [9.17, 15) is 4.79 Å². The summed E-state index contributed by atoms with van der Waals surface area (Å²) in [6.45, 7) is 1.97. The van der Waals surface area contributed by atoms with Crippen molar-refractivity contribution < 1.29 is 4.79 Å². The molecule has 96 valence electrons. The highest BCUT2D eigenvalue weighted by atomic mass is 35.5. The number of alkyl halides is 1. The fourth-order valence-electron chi connectivity index (χ4n) is 2.49. The fraction of sp³-hybridized carbons (Fsp3) is 0.188. The topological polar surface area (TPSA) is 20.1 Å². The van der Waals surface area contributed by atoms with E-state index in [-0.39, 0.29) is 11.9 Å². The largest absolute Gasteiger partial charge is 0.307 e. The Labute approximate surface area is 117 Å². The number of halogens is 1. The maximum atomic E-state index is 12.4. The van der Waals surface area contributed by atoms with E-state index in [1.807, 2.05) is 67.6 Å². The highest BCUT2D eigenvalue weighted by molar-refractivity contribution is 6.28. The molecule has 19 heavy (non-hydrogen) atoms. The van der Waals surface area contributed by atoms with Crippen LogP contribution in [0.3, 0.4) is 0 Å². The van der Waals surface area contributed by atoms with Gasteiger partial charge in [-0.05, 0) is 24.6 Å². The summed E-state index contributed by atoms with van der Waals surface area (Å²) >= 11 is 6.64. The van der Waals surface area contributed by atoms with Gasteiger partial charge in [-0.1, -0.05) is 60.1 Å². The van der Waals surface area contributed by atoms with Crippen LogP contribution in [0.2, 0.25) is 0 Å². The van der Waals surface area contributed by atoms with E-state index in [0.29, 0.717) is 5.56 Å². The Bertz CT molecular complexity index is 599. The number of nitrogens with zero attached hydrogens (tertiary/aromatic N) is 1. The van der Waals surface area contributed by atoms with E-state index in [4.69, 9.17) is 11.6 Å². The lowest BCUT2D eigenvalue weighted by Gasteiger charge is -2.10. The van der Waals surface area contributed by atoms with Crippen LogP contribution < -0.4 is 0 Å². The molecule has 0 N–H and O–H groups in total. The molecule has 2 atom stereocenters. The molecule has 0 bridgehead atoms. The van der Waals surface area contributed by atoms with E-state index in [0.717, 1.165) is 5.56 Å². The van der Waals surface area contributed by atoms with E-state index in [1.165, 1.54) is 0 Å². The molecule has 2 unspecified atom stereocenters. The van der Waals surface area contributed by atoms with Crippen molar-refractivity contribution in [1.82, 2.24) is 4.90 Å². The van der Waals surface area contributed by atoms with E-state index in [2.05, 4.69) is 0 Å². The van der Waals surface area contributed by atoms with Crippen molar-refractivity contribution >= 4 is 17.5 Å². The first kappa shape index (κ1) is 12.2. The summed E-state index contributed by atoms with van der Waals surface area (Å²) in [7, 11) is 0. The standard InChI is InChI=1S/C16H14ClNO/c1-12-16(17,14-10-6-3-7-11-14)18(12)15(19)13-8-4-2-5-9-13/h2-12H,1H3. The summed E-state index contributed by atoms with van der Waals surface area (Å²) in [6, 6.07) is 19.0. The highest BCUT2D eigenvalue weighted by Gasteiger charge is 2.62. The van der Waals surface area contributed by atoms with Crippen LogP contribution >= 0.6 is 11.6 Å². The van der Waals surface area contributed by atoms with Gasteiger partial charge in [0.15, 0.2) is 5.00 Å². The molecule has 0 aromatic heterocycles. The van der Waals surface area contributed by atoms with Crippen molar-refractivity contribution in [2.24, 2.45) is 0 Å². The monoisotopic (exact) mass is 271 g/mol. The third-order valence-electron chi connectivity index (χ3n) is 3.64. The first-order valence-electron chi connectivity index (χ1n) is 6.29. The van der Waals surface area contributed by atoms with Crippen LogP contribution in [0.5, 0.6) is 0 Å². The van der Waals surface area contributed by atoms with E-state index < -0.39 is 5.00 Å². The van der Waals surface area contributed by atoms with Crippen molar-refractivity contribution in [2.75, 3.05) is 0 Å². The lowest BCUT2D eigenvalue weighted by molar-refractivity contribution is 0.0860. The molecule has 2 nitrogen and oxygen atoms in total. The summed E-state index contributed by atoms with van der Waals surface area (Å²) in [5.41, 5.74) is 1.64. The molecule has 3 rings (SSSR count). The van der Waals surface area contributed by atoms with Crippen molar-refractivity contribution in [3.8, 4) is 0 Å². The quantitative estimate of drug-likeness (QED) is 0.464. The second-order valence-electron chi connectivity index (χ2n) is 4.76.